The Balaban J connectivity index is 1.69. The zero-order valence-electron chi connectivity index (χ0n) is 11.1. The zero-order chi connectivity index (χ0) is 14.8. The number of cyclic esters (lactones) is 1. The number of hydrogen-bond acceptors (Lipinski definition) is 2. The van der Waals surface area contributed by atoms with E-state index in [2.05, 4.69) is 22.6 Å². The predicted octanol–water partition coefficient (Wildman–Crippen LogP) is 4.12. The van der Waals surface area contributed by atoms with E-state index in [0.717, 1.165) is 14.7 Å². The molecular formula is C16H13FINO2. The van der Waals surface area contributed by atoms with Crippen molar-refractivity contribution in [1.29, 1.82) is 0 Å². The van der Waals surface area contributed by atoms with Crippen LogP contribution in [0.3, 0.4) is 0 Å². The van der Waals surface area contributed by atoms with Crippen LogP contribution in [0.4, 0.5) is 9.18 Å². The Labute approximate surface area is 135 Å². The third-order valence-corrected chi connectivity index (χ3v) is 4.14. The first-order valence-electron chi connectivity index (χ1n) is 6.57. The van der Waals surface area contributed by atoms with E-state index < -0.39 is 0 Å². The first kappa shape index (κ1) is 14.3. The largest absolute Gasteiger partial charge is 0.439 e. The van der Waals surface area contributed by atoms with Gasteiger partial charge in [0.05, 0.1) is 6.54 Å². The highest BCUT2D eigenvalue weighted by Gasteiger charge is 2.32. The monoisotopic (exact) mass is 397 g/mol. The maximum atomic E-state index is 12.9. The highest BCUT2D eigenvalue weighted by atomic mass is 127. The van der Waals surface area contributed by atoms with E-state index in [-0.39, 0.29) is 18.0 Å². The van der Waals surface area contributed by atoms with Gasteiger partial charge in [-0.2, -0.15) is 0 Å². The second-order valence-electron chi connectivity index (χ2n) is 4.93. The van der Waals surface area contributed by atoms with Crippen molar-refractivity contribution in [2.24, 2.45) is 0 Å². The van der Waals surface area contributed by atoms with Crippen molar-refractivity contribution in [3.05, 3.63) is 69.0 Å². The highest BCUT2D eigenvalue weighted by Crippen LogP contribution is 2.27. The molecule has 3 rings (SSSR count). The fraction of sp³-hybridized carbons (Fsp3) is 0.188. The lowest BCUT2D eigenvalue weighted by Crippen LogP contribution is -2.23. The van der Waals surface area contributed by atoms with Crippen molar-refractivity contribution in [3.63, 3.8) is 0 Å². The summed E-state index contributed by atoms with van der Waals surface area (Å²) in [4.78, 5) is 13.6. The van der Waals surface area contributed by atoms with Crippen molar-refractivity contribution in [1.82, 2.24) is 4.90 Å². The standard InChI is InChI=1S/C16H13FINO2/c17-13-5-3-12(4-6-13)15-10-19(16(20)21-15)9-11-1-7-14(18)8-2-11/h1-8,15H,9-10H2. The Hall–Kier alpha value is -1.63. The molecule has 1 saturated heterocycles. The van der Waals surface area contributed by atoms with Gasteiger partial charge in [-0.1, -0.05) is 24.3 Å². The summed E-state index contributed by atoms with van der Waals surface area (Å²) < 4.78 is 19.4. The average molecular weight is 397 g/mol. The van der Waals surface area contributed by atoms with Gasteiger partial charge in [0.2, 0.25) is 0 Å². The molecule has 2 aromatic rings. The van der Waals surface area contributed by atoms with Crippen molar-refractivity contribution in [2.45, 2.75) is 12.6 Å². The summed E-state index contributed by atoms with van der Waals surface area (Å²) >= 11 is 2.24. The van der Waals surface area contributed by atoms with Crippen LogP contribution in [-0.2, 0) is 11.3 Å². The number of benzene rings is 2. The summed E-state index contributed by atoms with van der Waals surface area (Å²) in [6, 6.07) is 14.1. The molecule has 1 heterocycles. The molecule has 1 aliphatic heterocycles. The van der Waals surface area contributed by atoms with Crippen molar-refractivity contribution in [2.75, 3.05) is 6.54 Å². The fourth-order valence-electron chi connectivity index (χ4n) is 2.30. The lowest BCUT2D eigenvalue weighted by molar-refractivity contribution is 0.132. The first-order valence-corrected chi connectivity index (χ1v) is 7.65. The van der Waals surface area contributed by atoms with Crippen LogP contribution >= 0.6 is 22.6 Å². The number of rotatable bonds is 3. The normalized spacial score (nSPS) is 17.9. The van der Waals surface area contributed by atoms with E-state index in [4.69, 9.17) is 4.74 Å². The van der Waals surface area contributed by atoms with Crippen molar-refractivity contribution in [3.8, 4) is 0 Å². The van der Waals surface area contributed by atoms with Gasteiger partial charge in [0.1, 0.15) is 11.9 Å². The van der Waals surface area contributed by atoms with E-state index >= 15 is 0 Å². The minimum atomic E-state index is -0.332. The van der Waals surface area contributed by atoms with Gasteiger partial charge in [-0.05, 0) is 58.0 Å². The highest BCUT2D eigenvalue weighted by molar-refractivity contribution is 14.1. The molecule has 1 fully saturated rings. The fourth-order valence-corrected chi connectivity index (χ4v) is 2.66. The number of carbonyl (C=O) groups is 1. The smallest absolute Gasteiger partial charge is 0.410 e. The maximum absolute atomic E-state index is 12.9. The Kier molecular flexibility index (Phi) is 4.10. The molecule has 3 nitrogen and oxygen atoms in total. The molecule has 0 saturated carbocycles. The van der Waals surface area contributed by atoms with Gasteiger partial charge in [-0.25, -0.2) is 9.18 Å². The summed E-state index contributed by atoms with van der Waals surface area (Å²) in [5.41, 5.74) is 1.88. The van der Waals surface area contributed by atoms with Gasteiger partial charge in [-0.3, -0.25) is 4.90 Å². The molecule has 0 radical (unpaired) electrons. The van der Waals surface area contributed by atoms with Crippen LogP contribution in [0.5, 0.6) is 0 Å². The average Bonchev–Trinajstić information content (AvgIpc) is 2.83. The predicted molar refractivity (Wildman–Crippen MR) is 85.2 cm³/mol. The SMILES string of the molecule is O=C1OC(c2ccc(F)cc2)CN1Cc1ccc(I)cc1. The van der Waals surface area contributed by atoms with Crippen molar-refractivity contribution < 1.29 is 13.9 Å². The Morgan fingerprint density at radius 2 is 1.81 bits per heavy atom. The number of amides is 1. The molecule has 0 N–H and O–H groups in total. The van der Waals surface area contributed by atoms with Crippen LogP contribution in [0.1, 0.15) is 17.2 Å². The second kappa shape index (κ2) is 6.01. The molecule has 21 heavy (non-hydrogen) atoms. The van der Waals surface area contributed by atoms with E-state index in [1.807, 2.05) is 24.3 Å². The third kappa shape index (κ3) is 3.34. The molecule has 1 unspecified atom stereocenters. The Morgan fingerprint density at radius 3 is 2.48 bits per heavy atom. The van der Waals surface area contributed by atoms with E-state index in [9.17, 15) is 9.18 Å². The van der Waals surface area contributed by atoms with Gasteiger partial charge in [-0.15, -0.1) is 0 Å². The Morgan fingerprint density at radius 1 is 1.14 bits per heavy atom. The second-order valence-corrected chi connectivity index (χ2v) is 6.18. The topological polar surface area (TPSA) is 29.5 Å². The van der Waals surface area contributed by atoms with Gasteiger partial charge in [0.25, 0.3) is 0 Å². The van der Waals surface area contributed by atoms with E-state index in [1.54, 1.807) is 17.0 Å². The van der Waals surface area contributed by atoms with Gasteiger partial charge < -0.3 is 4.74 Å². The van der Waals surface area contributed by atoms with Crippen molar-refractivity contribution >= 4 is 28.7 Å². The summed E-state index contributed by atoms with van der Waals surface area (Å²) in [5.74, 6) is -0.293. The minimum Gasteiger partial charge on any atom is -0.439 e. The number of carbonyl (C=O) groups excluding carboxylic acids is 1. The number of hydrogen-bond donors (Lipinski definition) is 0. The molecule has 0 aromatic heterocycles. The first-order chi connectivity index (χ1) is 10.1. The molecule has 2 aromatic carbocycles. The zero-order valence-corrected chi connectivity index (χ0v) is 13.3. The summed E-state index contributed by atoms with van der Waals surface area (Å²) in [7, 11) is 0. The van der Waals surface area contributed by atoms with Crippen LogP contribution in [0, 0.1) is 9.39 Å². The van der Waals surface area contributed by atoms with Gasteiger partial charge >= 0.3 is 6.09 Å². The molecule has 0 spiro atoms. The van der Waals surface area contributed by atoms with Crippen LogP contribution in [0.25, 0.3) is 0 Å². The lowest BCUT2D eigenvalue weighted by Gasteiger charge is -2.13. The van der Waals surface area contributed by atoms with Gasteiger partial charge in [0, 0.05) is 10.1 Å². The molecule has 0 aliphatic carbocycles. The molecule has 1 aliphatic rings. The summed E-state index contributed by atoms with van der Waals surface area (Å²) in [6.45, 7) is 1.00. The van der Waals surface area contributed by atoms with Crippen LogP contribution in [0.15, 0.2) is 48.5 Å². The number of nitrogens with zero attached hydrogens (tertiary/aromatic N) is 1. The van der Waals surface area contributed by atoms with Crippen LogP contribution in [-0.4, -0.2) is 17.5 Å². The van der Waals surface area contributed by atoms with Crippen LogP contribution in [0.2, 0.25) is 0 Å². The number of halogens is 2. The molecular weight excluding hydrogens is 384 g/mol. The molecule has 0 bridgehead atoms. The molecule has 1 atom stereocenters. The lowest BCUT2D eigenvalue weighted by atomic mass is 10.1. The van der Waals surface area contributed by atoms with Gasteiger partial charge in [0.15, 0.2) is 0 Å². The molecule has 1 amide bonds. The quantitative estimate of drug-likeness (QED) is 0.730. The van der Waals surface area contributed by atoms with E-state index in [1.165, 1.54) is 12.1 Å². The summed E-state index contributed by atoms with van der Waals surface area (Å²) in [6.07, 6.45) is -0.662. The Bertz CT molecular complexity index is 642. The molecule has 5 heteroatoms. The molecule has 108 valence electrons. The maximum Gasteiger partial charge on any atom is 0.410 e. The van der Waals surface area contributed by atoms with Crippen LogP contribution < -0.4 is 0 Å². The number of ether oxygens (including phenoxy) is 1. The third-order valence-electron chi connectivity index (χ3n) is 3.42. The summed E-state index contributed by atoms with van der Waals surface area (Å²) in [5, 5.41) is 0. The minimum absolute atomic E-state index is 0.293. The van der Waals surface area contributed by atoms with E-state index in [0.29, 0.717) is 13.1 Å².